The fourth-order valence-corrected chi connectivity index (χ4v) is 4.79. The van der Waals surface area contributed by atoms with Crippen molar-refractivity contribution in [3.8, 4) is 0 Å². The van der Waals surface area contributed by atoms with E-state index in [1.54, 1.807) is 31.5 Å². The van der Waals surface area contributed by atoms with Gasteiger partial charge in [-0.05, 0) is 81.7 Å². The van der Waals surface area contributed by atoms with Crippen molar-refractivity contribution in [2.24, 2.45) is 7.05 Å². The van der Waals surface area contributed by atoms with Gasteiger partial charge in [0.1, 0.15) is 5.82 Å². The number of aromatic nitrogens is 1. The topological polar surface area (TPSA) is 100 Å². The fourth-order valence-electron chi connectivity index (χ4n) is 4.79. The normalized spacial score (nSPS) is 20.4. The van der Waals surface area contributed by atoms with Crippen LogP contribution in [0.1, 0.15) is 82.1 Å². The van der Waals surface area contributed by atoms with E-state index in [0.29, 0.717) is 48.1 Å². The molecule has 2 aliphatic carbocycles. The first-order chi connectivity index (χ1) is 15.7. The van der Waals surface area contributed by atoms with E-state index in [1.165, 1.54) is 12.1 Å². The van der Waals surface area contributed by atoms with E-state index in [1.807, 2.05) is 0 Å². The predicted octanol–water partition coefficient (Wildman–Crippen LogP) is 3.51. The minimum Gasteiger partial charge on any atom is -0.393 e. The Morgan fingerprint density at radius 3 is 2.33 bits per heavy atom. The average Bonchev–Trinajstić information content (AvgIpc) is 3.57. The zero-order chi connectivity index (χ0) is 23.9. The Bertz CT molecular complexity index is 1110. The Morgan fingerprint density at radius 2 is 1.73 bits per heavy atom. The van der Waals surface area contributed by atoms with Crippen molar-refractivity contribution in [1.82, 2.24) is 9.88 Å². The van der Waals surface area contributed by atoms with Gasteiger partial charge < -0.3 is 20.3 Å². The van der Waals surface area contributed by atoms with Gasteiger partial charge in [-0.25, -0.2) is 4.39 Å². The van der Waals surface area contributed by atoms with E-state index in [-0.39, 0.29) is 35.5 Å². The Hall–Kier alpha value is -3.00. The summed E-state index contributed by atoms with van der Waals surface area (Å²) in [6.45, 7) is 3.31. The maximum atomic E-state index is 13.6. The number of hydrogen-bond donors (Lipinski definition) is 3. The third-order valence-corrected chi connectivity index (χ3v) is 6.74. The number of aliphatic hydroxyl groups excluding tert-OH is 1. The van der Waals surface area contributed by atoms with Crippen LogP contribution in [0.5, 0.6) is 0 Å². The molecule has 7 nitrogen and oxygen atoms in total. The van der Waals surface area contributed by atoms with E-state index >= 15 is 0 Å². The maximum absolute atomic E-state index is 13.6. The van der Waals surface area contributed by atoms with Crippen molar-refractivity contribution >= 4 is 23.3 Å². The van der Waals surface area contributed by atoms with Gasteiger partial charge in [-0.2, -0.15) is 0 Å². The summed E-state index contributed by atoms with van der Waals surface area (Å²) in [6, 6.07) is 4.21. The van der Waals surface area contributed by atoms with Gasteiger partial charge in [0.05, 0.1) is 17.4 Å². The summed E-state index contributed by atoms with van der Waals surface area (Å²) in [4.78, 5) is 39.1. The number of aliphatic hydroxyl groups is 1. The molecule has 1 aromatic carbocycles. The average molecular weight is 456 g/mol. The summed E-state index contributed by atoms with van der Waals surface area (Å²) in [5.74, 6) is -1.93. The summed E-state index contributed by atoms with van der Waals surface area (Å²) in [5.41, 5.74) is 2.72. The number of aryl methyl sites for hydroxylation is 1. The second kappa shape index (κ2) is 9.09. The molecule has 33 heavy (non-hydrogen) atoms. The molecule has 4 rings (SSSR count). The number of amides is 2. The molecule has 0 spiro atoms. The van der Waals surface area contributed by atoms with E-state index in [4.69, 9.17) is 0 Å². The zero-order valence-corrected chi connectivity index (χ0v) is 19.2. The van der Waals surface area contributed by atoms with Crippen LogP contribution in [0.15, 0.2) is 18.2 Å². The highest BCUT2D eigenvalue weighted by atomic mass is 19.1. The van der Waals surface area contributed by atoms with Crippen molar-refractivity contribution in [3.05, 3.63) is 52.1 Å². The van der Waals surface area contributed by atoms with Crippen LogP contribution in [0, 0.1) is 19.7 Å². The van der Waals surface area contributed by atoms with Crippen LogP contribution >= 0.6 is 0 Å². The summed E-state index contributed by atoms with van der Waals surface area (Å²) >= 11 is 0. The molecular weight excluding hydrogens is 425 g/mol. The number of halogens is 1. The molecule has 2 saturated carbocycles. The molecule has 3 N–H and O–H groups in total. The lowest BCUT2D eigenvalue weighted by molar-refractivity contribution is -0.118. The summed E-state index contributed by atoms with van der Waals surface area (Å²) in [5, 5.41) is 15.3. The van der Waals surface area contributed by atoms with Gasteiger partial charge in [0.2, 0.25) is 0 Å². The number of ketones is 1. The zero-order valence-electron chi connectivity index (χ0n) is 19.2. The number of hydrogen-bond acceptors (Lipinski definition) is 4. The van der Waals surface area contributed by atoms with E-state index in [9.17, 15) is 23.9 Å². The Balaban J connectivity index is 1.60. The third-order valence-electron chi connectivity index (χ3n) is 6.74. The highest BCUT2D eigenvalue weighted by molar-refractivity contribution is 6.43. The third kappa shape index (κ3) is 4.71. The molecule has 176 valence electrons. The van der Waals surface area contributed by atoms with Crippen molar-refractivity contribution in [3.63, 3.8) is 0 Å². The first kappa shape index (κ1) is 23.2. The predicted molar refractivity (Wildman–Crippen MR) is 122 cm³/mol. The number of nitrogens with zero attached hydrogens (tertiary/aromatic N) is 1. The minimum absolute atomic E-state index is 0.141. The van der Waals surface area contributed by atoms with Crippen LogP contribution in [-0.4, -0.2) is 39.4 Å². The molecule has 8 heteroatoms. The molecule has 0 unspecified atom stereocenters. The molecule has 2 aromatic rings. The highest BCUT2D eigenvalue weighted by Crippen LogP contribution is 2.44. The Morgan fingerprint density at radius 1 is 1.06 bits per heavy atom. The standard InChI is InChI=1S/C25H30FN3O4/c1-13-12-17(8-11-19(13)26)28-24(32)20-14(2)21(29(3)22(20)15-4-5-15)23(31)25(33)27-16-6-9-18(30)10-7-16/h8,11-12,15-16,18,30H,4-7,9-10H2,1-3H3,(H,27,33)(H,28,32)/t16-,18+. The van der Waals surface area contributed by atoms with Crippen molar-refractivity contribution < 1.29 is 23.9 Å². The highest BCUT2D eigenvalue weighted by Gasteiger charge is 2.37. The van der Waals surface area contributed by atoms with Gasteiger partial charge >= 0.3 is 0 Å². The smallest absolute Gasteiger partial charge is 0.294 e. The fraction of sp³-hybridized carbons (Fsp3) is 0.480. The minimum atomic E-state index is -0.691. The van der Waals surface area contributed by atoms with Crippen molar-refractivity contribution in [2.45, 2.75) is 70.4 Å². The second-order valence-corrected chi connectivity index (χ2v) is 9.29. The van der Waals surface area contributed by atoms with Crippen LogP contribution in [0.2, 0.25) is 0 Å². The van der Waals surface area contributed by atoms with Gasteiger partial charge in [-0.3, -0.25) is 14.4 Å². The number of anilines is 1. The largest absolute Gasteiger partial charge is 0.393 e. The molecule has 0 aliphatic heterocycles. The van der Waals surface area contributed by atoms with E-state index in [2.05, 4.69) is 10.6 Å². The molecule has 2 aliphatic rings. The summed E-state index contributed by atoms with van der Waals surface area (Å²) in [6.07, 6.45) is 3.93. The molecule has 0 bridgehead atoms. The van der Waals surface area contributed by atoms with Gasteiger partial charge in [-0.1, -0.05) is 0 Å². The maximum Gasteiger partial charge on any atom is 0.294 e. The molecule has 2 fully saturated rings. The van der Waals surface area contributed by atoms with Crippen molar-refractivity contribution in [2.75, 3.05) is 5.32 Å². The lowest BCUT2D eigenvalue weighted by Gasteiger charge is -2.25. The van der Waals surface area contributed by atoms with Crippen LogP contribution in [0.3, 0.4) is 0 Å². The quantitative estimate of drug-likeness (QED) is 0.458. The van der Waals surface area contributed by atoms with Crippen LogP contribution in [0.4, 0.5) is 10.1 Å². The number of Topliss-reactive ketones (excluding diaryl/α,β-unsaturated/α-hetero) is 1. The molecule has 0 saturated heterocycles. The van der Waals surface area contributed by atoms with Crippen molar-refractivity contribution in [1.29, 1.82) is 0 Å². The van der Waals surface area contributed by atoms with Crippen LogP contribution in [-0.2, 0) is 11.8 Å². The molecule has 2 amide bonds. The van der Waals surface area contributed by atoms with E-state index in [0.717, 1.165) is 18.5 Å². The first-order valence-electron chi connectivity index (χ1n) is 11.5. The SMILES string of the molecule is Cc1cc(NC(=O)c2c(C)c(C(=O)C(=O)N[C@H]3CC[C@@H](O)CC3)n(C)c2C2CC2)ccc1F. The van der Waals surface area contributed by atoms with Gasteiger partial charge in [0.25, 0.3) is 17.6 Å². The number of nitrogens with one attached hydrogen (secondary N) is 2. The monoisotopic (exact) mass is 455 g/mol. The summed E-state index contributed by atoms with van der Waals surface area (Å²) < 4.78 is 15.3. The Labute approximate surface area is 192 Å². The second-order valence-electron chi connectivity index (χ2n) is 9.29. The van der Waals surface area contributed by atoms with Crippen LogP contribution in [0.25, 0.3) is 0 Å². The molecule has 1 heterocycles. The summed E-state index contributed by atoms with van der Waals surface area (Å²) in [7, 11) is 1.72. The lowest BCUT2D eigenvalue weighted by Crippen LogP contribution is -2.42. The molecular formula is C25H30FN3O4. The molecule has 0 radical (unpaired) electrons. The van der Waals surface area contributed by atoms with Gasteiger partial charge in [-0.15, -0.1) is 0 Å². The number of carbonyl (C=O) groups excluding carboxylic acids is 3. The lowest BCUT2D eigenvalue weighted by atomic mass is 9.93. The first-order valence-corrected chi connectivity index (χ1v) is 11.5. The van der Waals surface area contributed by atoms with Gasteiger partial charge in [0, 0.05) is 30.4 Å². The molecule has 0 atom stereocenters. The molecule has 1 aromatic heterocycles. The van der Waals surface area contributed by atoms with Crippen LogP contribution < -0.4 is 10.6 Å². The number of benzene rings is 1. The van der Waals surface area contributed by atoms with Gasteiger partial charge in [0.15, 0.2) is 0 Å². The van der Waals surface area contributed by atoms with E-state index < -0.39 is 11.7 Å². The number of carbonyl (C=O) groups is 3. The Kier molecular flexibility index (Phi) is 6.38. The number of rotatable bonds is 6.